The summed E-state index contributed by atoms with van der Waals surface area (Å²) >= 11 is 1.10. The van der Waals surface area contributed by atoms with Gasteiger partial charge in [0.05, 0.1) is 6.42 Å². The minimum absolute atomic E-state index is 0.00956. The van der Waals surface area contributed by atoms with Gasteiger partial charge < -0.3 is 10.4 Å². The van der Waals surface area contributed by atoms with Gasteiger partial charge in [-0.25, -0.2) is 0 Å². The molecule has 2 N–H and O–H groups in total. The monoisotopic (exact) mass is 231 g/mol. The average molecular weight is 231 g/mol. The molecule has 1 amide bonds. The Morgan fingerprint density at radius 2 is 2.00 bits per heavy atom. The Bertz CT molecular complexity index is 288. The molecule has 0 aromatic carbocycles. The molecule has 15 heavy (non-hydrogen) atoms. The highest BCUT2D eigenvalue weighted by Gasteiger charge is 2.09. The van der Waals surface area contributed by atoms with Crippen LogP contribution in [-0.4, -0.2) is 34.4 Å². The summed E-state index contributed by atoms with van der Waals surface area (Å²) in [4.78, 5) is 31.9. The van der Waals surface area contributed by atoms with Gasteiger partial charge >= 0.3 is 5.97 Å². The van der Waals surface area contributed by atoms with Crippen molar-refractivity contribution < 1.29 is 19.5 Å². The van der Waals surface area contributed by atoms with E-state index in [0.717, 1.165) is 11.8 Å². The molecule has 0 saturated heterocycles. The molecule has 0 radical (unpaired) electrons. The number of carboxylic acids is 1. The van der Waals surface area contributed by atoms with E-state index in [1.54, 1.807) is 0 Å². The molecule has 0 unspecified atom stereocenters. The maximum Gasteiger partial charge on any atom is 0.308 e. The van der Waals surface area contributed by atoms with Crippen LogP contribution in [0.3, 0.4) is 0 Å². The van der Waals surface area contributed by atoms with Gasteiger partial charge in [0.15, 0.2) is 5.12 Å². The van der Waals surface area contributed by atoms with E-state index in [-0.39, 0.29) is 17.1 Å². The first-order valence-electron chi connectivity index (χ1n) is 4.24. The van der Waals surface area contributed by atoms with Crippen LogP contribution >= 0.6 is 11.8 Å². The Morgan fingerprint density at radius 1 is 1.40 bits per heavy atom. The summed E-state index contributed by atoms with van der Waals surface area (Å²) < 4.78 is 0. The Kier molecular flexibility index (Phi) is 6.44. The molecule has 5 nitrogen and oxygen atoms in total. The van der Waals surface area contributed by atoms with Crippen molar-refractivity contribution >= 4 is 28.8 Å². The van der Waals surface area contributed by atoms with Gasteiger partial charge in [0.2, 0.25) is 5.91 Å². The van der Waals surface area contributed by atoms with E-state index >= 15 is 0 Å². The second-order valence-electron chi connectivity index (χ2n) is 2.77. The summed E-state index contributed by atoms with van der Waals surface area (Å²) in [7, 11) is 0. The van der Waals surface area contributed by atoms with Crippen molar-refractivity contribution in [1.29, 1.82) is 0 Å². The third kappa shape index (κ3) is 7.75. The van der Waals surface area contributed by atoms with Crippen molar-refractivity contribution in [1.82, 2.24) is 5.32 Å². The molecule has 0 fully saturated rings. The van der Waals surface area contributed by atoms with Gasteiger partial charge in [-0.1, -0.05) is 18.3 Å². The van der Waals surface area contributed by atoms with Crippen molar-refractivity contribution in [3.05, 3.63) is 12.2 Å². The molecule has 84 valence electrons. The van der Waals surface area contributed by atoms with Gasteiger partial charge in [-0.2, -0.15) is 0 Å². The highest BCUT2D eigenvalue weighted by molar-refractivity contribution is 8.13. The first-order valence-corrected chi connectivity index (χ1v) is 5.23. The largest absolute Gasteiger partial charge is 0.481 e. The quantitative estimate of drug-likeness (QED) is 0.511. The summed E-state index contributed by atoms with van der Waals surface area (Å²) in [5.41, 5.74) is 0.00956. The minimum Gasteiger partial charge on any atom is -0.481 e. The fourth-order valence-corrected chi connectivity index (χ4v) is 1.24. The molecule has 0 aliphatic rings. The van der Waals surface area contributed by atoms with E-state index in [4.69, 9.17) is 5.11 Å². The third-order valence-electron chi connectivity index (χ3n) is 1.38. The Morgan fingerprint density at radius 3 is 2.47 bits per heavy atom. The normalized spacial score (nSPS) is 9.40. The lowest BCUT2D eigenvalue weighted by atomic mass is 10.2. The first kappa shape index (κ1) is 13.7. The number of amides is 1. The van der Waals surface area contributed by atoms with Crippen molar-refractivity contribution in [2.75, 3.05) is 12.3 Å². The second kappa shape index (κ2) is 7.05. The number of carbonyl (C=O) groups is 3. The van der Waals surface area contributed by atoms with Crippen LogP contribution in [0.1, 0.15) is 13.3 Å². The molecule has 0 aliphatic carbocycles. The first-order chi connectivity index (χ1) is 6.93. The van der Waals surface area contributed by atoms with Crippen LogP contribution < -0.4 is 5.32 Å². The number of aliphatic carboxylic acids is 1. The maximum atomic E-state index is 11.2. The molecular weight excluding hydrogens is 218 g/mol. The minimum atomic E-state index is -1.09. The standard InChI is InChI=1S/C9H13NO4S/c1-6(5-8(12)13)9(14)10-3-4-15-7(2)11/h1,3-5H2,2H3,(H,10,14)(H,12,13). The van der Waals surface area contributed by atoms with E-state index in [2.05, 4.69) is 11.9 Å². The predicted octanol–water partition coefficient (Wildman–Crippen LogP) is 0.413. The number of thioether (sulfide) groups is 1. The number of nitrogens with one attached hydrogen (secondary N) is 1. The lowest BCUT2D eigenvalue weighted by Crippen LogP contribution is -2.27. The Labute approximate surface area is 91.9 Å². The Hall–Kier alpha value is -1.30. The molecule has 0 heterocycles. The number of carboxylic acid groups (broad SMARTS) is 1. The lowest BCUT2D eigenvalue weighted by molar-refractivity contribution is -0.137. The van der Waals surface area contributed by atoms with E-state index in [9.17, 15) is 14.4 Å². The highest BCUT2D eigenvalue weighted by Crippen LogP contribution is 2.00. The predicted molar refractivity (Wildman–Crippen MR) is 57.5 cm³/mol. The Balaban J connectivity index is 3.69. The number of rotatable bonds is 6. The third-order valence-corrected chi connectivity index (χ3v) is 2.19. The SMILES string of the molecule is C=C(CC(=O)O)C(=O)NCCSC(C)=O. The highest BCUT2D eigenvalue weighted by atomic mass is 32.2. The molecule has 0 rings (SSSR count). The summed E-state index contributed by atoms with van der Waals surface area (Å²) in [5, 5.41) is 10.8. The lowest BCUT2D eigenvalue weighted by Gasteiger charge is -2.04. The number of hydrogen-bond donors (Lipinski definition) is 2. The molecule has 0 atom stereocenters. The molecule has 0 aromatic rings. The van der Waals surface area contributed by atoms with Gasteiger partial charge in [0.1, 0.15) is 0 Å². The van der Waals surface area contributed by atoms with Crippen molar-refractivity contribution in [2.24, 2.45) is 0 Å². The van der Waals surface area contributed by atoms with Crippen LogP contribution in [0, 0.1) is 0 Å². The molecule has 0 spiro atoms. The van der Waals surface area contributed by atoms with Gasteiger partial charge in [0, 0.05) is 24.8 Å². The molecular formula is C9H13NO4S. The summed E-state index contributed by atoms with van der Waals surface area (Å²) in [6.07, 6.45) is -0.369. The summed E-state index contributed by atoms with van der Waals surface area (Å²) in [6, 6.07) is 0. The molecule has 0 aliphatic heterocycles. The second-order valence-corrected chi connectivity index (χ2v) is 4.04. The molecule has 0 aromatic heterocycles. The van der Waals surface area contributed by atoms with Crippen molar-refractivity contribution in [3.8, 4) is 0 Å². The summed E-state index contributed by atoms with van der Waals surface area (Å²) in [6.45, 7) is 5.10. The zero-order chi connectivity index (χ0) is 11.8. The van der Waals surface area contributed by atoms with Crippen LogP contribution in [0.2, 0.25) is 0 Å². The van der Waals surface area contributed by atoms with Crippen LogP contribution in [0.25, 0.3) is 0 Å². The van der Waals surface area contributed by atoms with Gasteiger partial charge in [-0.05, 0) is 0 Å². The topological polar surface area (TPSA) is 83.5 Å². The zero-order valence-corrected chi connectivity index (χ0v) is 9.23. The van der Waals surface area contributed by atoms with E-state index in [1.807, 2.05) is 0 Å². The van der Waals surface area contributed by atoms with Gasteiger partial charge in [0.25, 0.3) is 0 Å². The molecule has 0 bridgehead atoms. The van der Waals surface area contributed by atoms with Gasteiger partial charge in [-0.15, -0.1) is 0 Å². The van der Waals surface area contributed by atoms with Crippen LogP contribution in [-0.2, 0) is 14.4 Å². The van der Waals surface area contributed by atoms with Crippen molar-refractivity contribution in [2.45, 2.75) is 13.3 Å². The fourth-order valence-electron chi connectivity index (χ4n) is 0.747. The van der Waals surface area contributed by atoms with E-state index < -0.39 is 11.9 Å². The van der Waals surface area contributed by atoms with Gasteiger partial charge in [-0.3, -0.25) is 14.4 Å². The number of carbonyl (C=O) groups excluding carboxylic acids is 2. The average Bonchev–Trinajstić information content (AvgIpc) is 2.10. The van der Waals surface area contributed by atoms with Crippen LogP contribution in [0.15, 0.2) is 12.2 Å². The van der Waals surface area contributed by atoms with E-state index in [1.165, 1.54) is 6.92 Å². The fraction of sp³-hybridized carbons (Fsp3) is 0.444. The molecule has 0 saturated carbocycles. The van der Waals surface area contributed by atoms with Crippen molar-refractivity contribution in [3.63, 3.8) is 0 Å². The maximum absolute atomic E-state index is 11.2. The zero-order valence-electron chi connectivity index (χ0n) is 8.41. The van der Waals surface area contributed by atoms with Crippen LogP contribution in [0.5, 0.6) is 0 Å². The van der Waals surface area contributed by atoms with E-state index in [0.29, 0.717) is 12.3 Å². The molecule has 6 heteroatoms. The smallest absolute Gasteiger partial charge is 0.308 e. The number of hydrogen-bond acceptors (Lipinski definition) is 4. The summed E-state index contributed by atoms with van der Waals surface area (Å²) in [5.74, 6) is -1.10. The van der Waals surface area contributed by atoms with Crippen LogP contribution in [0.4, 0.5) is 0 Å².